The van der Waals surface area contributed by atoms with Gasteiger partial charge in [0.05, 0.1) is 0 Å². The highest BCUT2D eigenvalue weighted by molar-refractivity contribution is 5.74. The van der Waals surface area contributed by atoms with Gasteiger partial charge in [0.2, 0.25) is 0 Å². The third-order valence-corrected chi connectivity index (χ3v) is 6.06. The number of benzene rings is 2. The molecule has 0 aliphatic carbocycles. The van der Waals surface area contributed by atoms with Crippen LogP contribution in [0.4, 0.5) is 22.7 Å². The standard InChI is InChI=1S/C26H38N4/c1-17(2)26-29(24-18(3)13-22(27(7)8)14-19(24)4)11-12-30(26)25-20(5)15-23(28(9)10)16-21(25)6/h11-17,26H,1-10H3. The summed E-state index contributed by atoms with van der Waals surface area (Å²) in [5, 5.41) is 0. The van der Waals surface area contributed by atoms with Gasteiger partial charge in [0, 0.05) is 63.3 Å². The van der Waals surface area contributed by atoms with Gasteiger partial charge < -0.3 is 19.6 Å². The van der Waals surface area contributed by atoms with Crippen LogP contribution in [0.1, 0.15) is 36.1 Å². The van der Waals surface area contributed by atoms with Crippen LogP contribution in [0.3, 0.4) is 0 Å². The highest BCUT2D eigenvalue weighted by Crippen LogP contribution is 2.40. The van der Waals surface area contributed by atoms with E-state index in [2.05, 4.69) is 126 Å². The predicted molar refractivity (Wildman–Crippen MR) is 133 cm³/mol. The molecule has 3 rings (SSSR count). The van der Waals surface area contributed by atoms with Crippen LogP contribution >= 0.6 is 0 Å². The highest BCUT2D eigenvalue weighted by Gasteiger charge is 2.34. The monoisotopic (exact) mass is 406 g/mol. The fourth-order valence-electron chi connectivity index (χ4n) is 4.71. The van der Waals surface area contributed by atoms with Crippen LogP contribution < -0.4 is 19.6 Å². The Morgan fingerprint density at radius 3 is 1.17 bits per heavy atom. The van der Waals surface area contributed by atoms with Crippen LogP contribution in [0.15, 0.2) is 36.7 Å². The summed E-state index contributed by atoms with van der Waals surface area (Å²) in [6, 6.07) is 9.16. The van der Waals surface area contributed by atoms with Gasteiger partial charge in [0.15, 0.2) is 0 Å². The van der Waals surface area contributed by atoms with Gasteiger partial charge in [-0.15, -0.1) is 0 Å². The summed E-state index contributed by atoms with van der Waals surface area (Å²) >= 11 is 0. The molecule has 0 atom stereocenters. The molecule has 0 saturated heterocycles. The quantitative estimate of drug-likeness (QED) is 0.619. The number of hydrogen-bond donors (Lipinski definition) is 0. The van der Waals surface area contributed by atoms with Crippen molar-refractivity contribution in [2.75, 3.05) is 47.8 Å². The van der Waals surface area contributed by atoms with Crippen molar-refractivity contribution in [2.45, 2.75) is 47.7 Å². The van der Waals surface area contributed by atoms with Gasteiger partial charge in [-0.2, -0.15) is 0 Å². The maximum Gasteiger partial charge on any atom is 0.112 e. The van der Waals surface area contributed by atoms with E-state index in [0.717, 1.165) is 0 Å². The first-order valence-electron chi connectivity index (χ1n) is 10.8. The maximum absolute atomic E-state index is 2.47. The number of nitrogens with zero attached hydrogens (tertiary/aromatic N) is 4. The molecule has 1 aliphatic heterocycles. The summed E-state index contributed by atoms with van der Waals surface area (Å²) in [5.41, 5.74) is 10.4. The Morgan fingerprint density at radius 2 is 0.933 bits per heavy atom. The van der Waals surface area contributed by atoms with Gasteiger partial charge in [-0.3, -0.25) is 0 Å². The molecule has 4 heteroatoms. The minimum absolute atomic E-state index is 0.246. The van der Waals surface area contributed by atoms with Crippen LogP contribution in [0, 0.1) is 33.6 Å². The van der Waals surface area contributed by atoms with Gasteiger partial charge in [-0.05, 0) is 80.1 Å². The molecule has 0 unspecified atom stereocenters. The number of rotatable bonds is 5. The van der Waals surface area contributed by atoms with Crippen molar-refractivity contribution in [1.29, 1.82) is 0 Å². The fraction of sp³-hybridized carbons (Fsp3) is 0.462. The first-order valence-corrected chi connectivity index (χ1v) is 10.8. The second-order valence-corrected chi connectivity index (χ2v) is 9.42. The molecule has 0 radical (unpaired) electrons. The molecule has 4 nitrogen and oxygen atoms in total. The van der Waals surface area contributed by atoms with Crippen LogP contribution in [-0.2, 0) is 0 Å². The highest BCUT2D eigenvalue weighted by atomic mass is 15.4. The SMILES string of the molecule is Cc1cc(N(C)C)cc(C)c1N1C=CN(c2c(C)cc(N(C)C)cc2C)C1C(C)C. The molecule has 0 fully saturated rings. The van der Waals surface area contributed by atoms with E-state index in [9.17, 15) is 0 Å². The third kappa shape index (κ3) is 3.88. The molecule has 0 spiro atoms. The van der Waals surface area contributed by atoms with Crippen LogP contribution in [0.2, 0.25) is 0 Å². The number of aryl methyl sites for hydroxylation is 4. The average Bonchev–Trinajstić information content (AvgIpc) is 3.04. The summed E-state index contributed by atoms with van der Waals surface area (Å²) < 4.78 is 0. The molecule has 0 N–H and O–H groups in total. The van der Waals surface area contributed by atoms with Gasteiger partial charge in [-0.1, -0.05) is 13.8 Å². The van der Waals surface area contributed by atoms with Crippen molar-refractivity contribution >= 4 is 22.7 Å². The summed E-state index contributed by atoms with van der Waals surface area (Å²) in [6.45, 7) is 13.5. The second kappa shape index (κ2) is 8.25. The zero-order valence-electron chi connectivity index (χ0n) is 20.4. The summed E-state index contributed by atoms with van der Waals surface area (Å²) in [4.78, 5) is 9.28. The smallest absolute Gasteiger partial charge is 0.112 e. The van der Waals surface area contributed by atoms with E-state index in [-0.39, 0.29) is 6.17 Å². The molecular formula is C26H38N4. The van der Waals surface area contributed by atoms with Crippen LogP contribution in [0.25, 0.3) is 0 Å². The predicted octanol–water partition coefficient (Wildman–Crippen LogP) is 5.83. The molecule has 30 heavy (non-hydrogen) atoms. The molecule has 0 saturated carbocycles. The zero-order valence-corrected chi connectivity index (χ0v) is 20.4. The van der Waals surface area contributed by atoms with Crippen molar-refractivity contribution in [3.05, 3.63) is 58.9 Å². The second-order valence-electron chi connectivity index (χ2n) is 9.42. The Labute approximate surface area is 183 Å². The fourth-order valence-corrected chi connectivity index (χ4v) is 4.71. The van der Waals surface area contributed by atoms with E-state index in [0.29, 0.717) is 5.92 Å². The minimum Gasteiger partial charge on any atom is -0.378 e. The third-order valence-electron chi connectivity index (χ3n) is 6.06. The van der Waals surface area contributed by atoms with E-state index in [1.807, 2.05) is 0 Å². The first-order chi connectivity index (χ1) is 14.0. The van der Waals surface area contributed by atoms with Gasteiger partial charge >= 0.3 is 0 Å². The number of hydrogen-bond acceptors (Lipinski definition) is 4. The lowest BCUT2D eigenvalue weighted by Gasteiger charge is -2.38. The molecule has 1 heterocycles. The van der Waals surface area contributed by atoms with Crippen LogP contribution in [0.5, 0.6) is 0 Å². The van der Waals surface area contributed by atoms with Crippen molar-refractivity contribution in [1.82, 2.24) is 0 Å². The Morgan fingerprint density at radius 1 is 0.633 bits per heavy atom. The molecule has 2 aromatic carbocycles. The topological polar surface area (TPSA) is 13.0 Å². The lowest BCUT2D eigenvalue weighted by atomic mass is 10.0. The number of anilines is 4. The maximum atomic E-state index is 2.47. The average molecular weight is 407 g/mol. The van der Waals surface area contributed by atoms with Crippen molar-refractivity contribution < 1.29 is 0 Å². The largest absolute Gasteiger partial charge is 0.378 e. The van der Waals surface area contributed by atoms with Crippen LogP contribution in [-0.4, -0.2) is 34.4 Å². The molecular weight excluding hydrogens is 368 g/mol. The first kappa shape index (κ1) is 22.1. The lowest BCUT2D eigenvalue weighted by Crippen LogP contribution is -2.44. The van der Waals surface area contributed by atoms with Gasteiger partial charge in [0.1, 0.15) is 6.17 Å². The summed E-state index contributed by atoms with van der Waals surface area (Å²) in [6.07, 6.45) is 4.76. The molecule has 0 bridgehead atoms. The van der Waals surface area contributed by atoms with E-state index >= 15 is 0 Å². The van der Waals surface area contributed by atoms with E-state index < -0.39 is 0 Å². The Hall–Kier alpha value is -2.62. The van der Waals surface area contributed by atoms with Gasteiger partial charge in [0.25, 0.3) is 0 Å². The Kier molecular flexibility index (Phi) is 6.07. The Balaban J connectivity index is 2.07. The van der Waals surface area contributed by atoms with Crippen molar-refractivity contribution in [3.63, 3.8) is 0 Å². The van der Waals surface area contributed by atoms with Crippen molar-refractivity contribution in [2.24, 2.45) is 5.92 Å². The summed E-state index contributed by atoms with van der Waals surface area (Å²) in [7, 11) is 8.41. The molecule has 0 amide bonds. The summed E-state index contributed by atoms with van der Waals surface area (Å²) in [5.74, 6) is 0.458. The van der Waals surface area contributed by atoms with Gasteiger partial charge in [-0.25, -0.2) is 0 Å². The van der Waals surface area contributed by atoms with E-state index in [4.69, 9.17) is 0 Å². The normalized spacial score (nSPS) is 14.2. The lowest BCUT2D eigenvalue weighted by molar-refractivity contribution is 0.499. The zero-order chi connectivity index (χ0) is 22.3. The van der Waals surface area contributed by atoms with E-state index in [1.165, 1.54) is 45.0 Å². The molecule has 1 aliphatic rings. The minimum atomic E-state index is 0.246. The van der Waals surface area contributed by atoms with E-state index in [1.54, 1.807) is 0 Å². The Bertz CT molecular complexity index is 836. The van der Waals surface area contributed by atoms with Crippen molar-refractivity contribution in [3.8, 4) is 0 Å². The molecule has 162 valence electrons. The molecule has 2 aromatic rings. The molecule has 0 aromatic heterocycles.